The molecule has 2 rings (SSSR count). The maximum absolute atomic E-state index is 13.3. The Bertz CT molecular complexity index is 621. The average molecular weight is 293 g/mol. The van der Waals surface area contributed by atoms with Gasteiger partial charge in [0.2, 0.25) is 0 Å². The highest BCUT2D eigenvalue weighted by atomic mass is 19.1. The van der Waals surface area contributed by atoms with E-state index in [9.17, 15) is 9.18 Å². The number of hydrogen-bond donors (Lipinski definition) is 0. The third-order valence-corrected chi connectivity index (χ3v) is 3.33. The smallest absolute Gasteiger partial charge is 0.354 e. The number of aromatic nitrogens is 1. The van der Waals surface area contributed by atoms with Gasteiger partial charge < -0.3 is 14.0 Å². The fourth-order valence-electron chi connectivity index (χ4n) is 2.37. The van der Waals surface area contributed by atoms with Crippen molar-refractivity contribution in [3.8, 4) is 0 Å². The van der Waals surface area contributed by atoms with Gasteiger partial charge in [0.05, 0.1) is 6.61 Å². The van der Waals surface area contributed by atoms with Gasteiger partial charge in [-0.3, -0.25) is 0 Å². The lowest BCUT2D eigenvalue weighted by molar-refractivity contribution is 0.0514. The van der Waals surface area contributed by atoms with Crippen LogP contribution in [0.25, 0.3) is 10.9 Å². The minimum absolute atomic E-state index is 0.311. The Labute approximate surface area is 123 Å². The topological polar surface area (TPSA) is 40.5 Å². The van der Waals surface area contributed by atoms with Gasteiger partial charge in [-0.15, -0.1) is 0 Å². The monoisotopic (exact) mass is 293 g/mol. The third kappa shape index (κ3) is 3.61. The molecule has 4 nitrogen and oxygen atoms in total. The van der Waals surface area contributed by atoms with Crippen LogP contribution in [0, 0.1) is 5.82 Å². The van der Waals surface area contributed by atoms with Crippen molar-refractivity contribution in [2.45, 2.75) is 26.3 Å². The second-order valence-electron chi connectivity index (χ2n) is 4.80. The Balaban J connectivity index is 2.32. The van der Waals surface area contributed by atoms with Gasteiger partial charge in [0, 0.05) is 31.2 Å². The number of nitrogens with zero attached hydrogens (tertiary/aromatic N) is 1. The summed E-state index contributed by atoms with van der Waals surface area (Å²) in [5.41, 5.74) is 1.31. The number of unbranched alkanes of at least 4 members (excludes halogenated alkanes) is 1. The molecule has 1 heterocycles. The van der Waals surface area contributed by atoms with Crippen molar-refractivity contribution in [3.63, 3.8) is 0 Å². The maximum Gasteiger partial charge on any atom is 0.354 e. The number of halogens is 1. The van der Waals surface area contributed by atoms with Crippen molar-refractivity contribution in [1.82, 2.24) is 4.57 Å². The van der Waals surface area contributed by atoms with E-state index in [4.69, 9.17) is 9.47 Å². The zero-order chi connectivity index (χ0) is 15.2. The molecular weight excluding hydrogens is 273 g/mol. The van der Waals surface area contributed by atoms with Crippen LogP contribution in [0.2, 0.25) is 0 Å². The number of hydrogen-bond acceptors (Lipinski definition) is 3. The summed E-state index contributed by atoms with van der Waals surface area (Å²) in [4.78, 5) is 12.0. The van der Waals surface area contributed by atoms with E-state index >= 15 is 0 Å². The van der Waals surface area contributed by atoms with Gasteiger partial charge in [-0.1, -0.05) is 0 Å². The predicted octanol–water partition coefficient (Wildman–Crippen LogP) is 3.38. The lowest BCUT2D eigenvalue weighted by atomic mass is 10.2. The number of benzene rings is 1. The first-order valence-electron chi connectivity index (χ1n) is 7.12. The van der Waals surface area contributed by atoms with Crippen LogP contribution in [-0.4, -0.2) is 30.9 Å². The number of esters is 1. The molecule has 0 unspecified atom stereocenters. The number of rotatable bonds is 7. The highest BCUT2D eigenvalue weighted by Crippen LogP contribution is 2.22. The van der Waals surface area contributed by atoms with Crippen molar-refractivity contribution < 1.29 is 18.7 Å². The van der Waals surface area contributed by atoms with Gasteiger partial charge in [0.1, 0.15) is 11.5 Å². The maximum atomic E-state index is 13.3. The largest absolute Gasteiger partial charge is 0.461 e. The van der Waals surface area contributed by atoms with Crippen molar-refractivity contribution >= 4 is 16.9 Å². The minimum atomic E-state index is -0.374. The fourth-order valence-corrected chi connectivity index (χ4v) is 2.37. The van der Waals surface area contributed by atoms with Crippen molar-refractivity contribution in [3.05, 3.63) is 35.8 Å². The number of methoxy groups -OCH3 is 1. The number of carbonyl (C=O) groups is 1. The molecule has 2 aromatic rings. The molecule has 0 aliphatic rings. The van der Waals surface area contributed by atoms with Gasteiger partial charge >= 0.3 is 5.97 Å². The number of ether oxygens (including phenoxy) is 2. The third-order valence-electron chi connectivity index (χ3n) is 3.33. The van der Waals surface area contributed by atoms with E-state index in [-0.39, 0.29) is 11.8 Å². The van der Waals surface area contributed by atoms with E-state index in [0.29, 0.717) is 30.8 Å². The van der Waals surface area contributed by atoms with E-state index in [1.165, 1.54) is 12.1 Å². The van der Waals surface area contributed by atoms with Crippen LogP contribution >= 0.6 is 0 Å². The summed E-state index contributed by atoms with van der Waals surface area (Å²) in [6, 6.07) is 6.23. The molecule has 0 saturated heterocycles. The molecule has 1 aromatic heterocycles. The van der Waals surface area contributed by atoms with Gasteiger partial charge in [-0.25, -0.2) is 9.18 Å². The summed E-state index contributed by atoms with van der Waals surface area (Å²) in [5.74, 6) is -0.685. The van der Waals surface area contributed by atoms with Gasteiger partial charge in [-0.2, -0.15) is 0 Å². The second kappa shape index (κ2) is 7.22. The number of aryl methyl sites for hydroxylation is 1. The SMILES string of the molecule is CCOC(=O)c1cc2cc(F)ccc2n1CCCCOC. The van der Waals surface area contributed by atoms with Crippen LogP contribution < -0.4 is 0 Å². The Morgan fingerprint density at radius 3 is 2.81 bits per heavy atom. The van der Waals surface area contributed by atoms with Crippen LogP contribution in [-0.2, 0) is 16.0 Å². The Hall–Kier alpha value is -1.88. The highest BCUT2D eigenvalue weighted by molar-refractivity contribution is 5.95. The molecule has 5 heteroatoms. The van der Waals surface area contributed by atoms with Crippen LogP contribution in [0.3, 0.4) is 0 Å². The van der Waals surface area contributed by atoms with E-state index in [2.05, 4.69) is 0 Å². The predicted molar refractivity (Wildman–Crippen MR) is 79.0 cm³/mol. The van der Waals surface area contributed by atoms with E-state index < -0.39 is 0 Å². The second-order valence-corrected chi connectivity index (χ2v) is 4.80. The van der Waals surface area contributed by atoms with Gasteiger partial charge in [-0.05, 0) is 44.0 Å². The van der Waals surface area contributed by atoms with E-state index in [1.807, 2.05) is 4.57 Å². The molecule has 0 aliphatic heterocycles. The normalized spacial score (nSPS) is 11.0. The first kappa shape index (κ1) is 15.5. The summed E-state index contributed by atoms with van der Waals surface area (Å²) in [5, 5.41) is 0.713. The molecule has 21 heavy (non-hydrogen) atoms. The molecule has 0 saturated carbocycles. The Morgan fingerprint density at radius 1 is 1.29 bits per heavy atom. The number of carbonyl (C=O) groups excluding carboxylic acids is 1. The van der Waals surface area contributed by atoms with Crippen molar-refractivity contribution in [2.75, 3.05) is 20.3 Å². The summed E-state index contributed by atoms with van der Waals surface area (Å²) >= 11 is 0. The molecule has 0 amide bonds. The van der Waals surface area contributed by atoms with Gasteiger partial charge in [0.25, 0.3) is 0 Å². The quantitative estimate of drug-likeness (QED) is 0.580. The fraction of sp³-hybridized carbons (Fsp3) is 0.438. The molecule has 0 bridgehead atoms. The molecule has 0 radical (unpaired) electrons. The molecule has 0 N–H and O–H groups in total. The van der Waals surface area contributed by atoms with Crippen molar-refractivity contribution in [2.24, 2.45) is 0 Å². The molecular formula is C16H20FNO3. The van der Waals surface area contributed by atoms with Crippen LogP contribution in [0.15, 0.2) is 24.3 Å². The summed E-state index contributed by atoms with van der Waals surface area (Å²) < 4.78 is 25.3. The minimum Gasteiger partial charge on any atom is -0.461 e. The van der Waals surface area contributed by atoms with Crippen LogP contribution in [0.1, 0.15) is 30.3 Å². The molecule has 114 valence electrons. The van der Waals surface area contributed by atoms with Crippen molar-refractivity contribution in [1.29, 1.82) is 0 Å². The lowest BCUT2D eigenvalue weighted by Gasteiger charge is -2.10. The first-order valence-corrected chi connectivity index (χ1v) is 7.12. The summed E-state index contributed by atoms with van der Waals surface area (Å²) in [7, 11) is 1.66. The molecule has 0 spiro atoms. The van der Waals surface area contributed by atoms with E-state index in [0.717, 1.165) is 18.4 Å². The van der Waals surface area contributed by atoms with E-state index in [1.54, 1.807) is 26.2 Å². The Kier molecular flexibility index (Phi) is 5.33. The lowest BCUT2D eigenvalue weighted by Crippen LogP contribution is -2.12. The molecule has 0 atom stereocenters. The standard InChI is InChI=1S/C16H20FNO3/c1-3-21-16(19)15-11-12-10-13(17)6-7-14(12)18(15)8-4-5-9-20-2/h6-7,10-11H,3-5,8-9H2,1-2H3. The highest BCUT2D eigenvalue weighted by Gasteiger charge is 2.16. The zero-order valence-electron chi connectivity index (χ0n) is 12.4. The van der Waals surface area contributed by atoms with Gasteiger partial charge in [0.15, 0.2) is 0 Å². The molecule has 0 fully saturated rings. The first-order chi connectivity index (χ1) is 10.2. The number of fused-ring (bicyclic) bond motifs is 1. The average Bonchev–Trinajstić information content (AvgIpc) is 2.82. The molecule has 1 aromatic carbocycles. The Morgan fingerprint density at radius 2 is 2.10 bits per heavy atom. The molecule has 0 aliphatic carbocycles. The zero-order valence-corrected chi connectivity index (χ0v) is 12.4. The summed E-state index contributed by atoms with van der Waals surface area (Å²) in [6.07, 6.45) is 1.78. The van der Waals surface area contributed by atoms with Crippen LogP contribution in [0.5, 0.6) is 0 Å². The van der Waals surface area contributed by atoms with Crippen LogP contribution in [0.4, 0.5) is 4.39 Å². The summed E-state index contributed by atoms with van der Waals surface area (Å²) in [6.45, 7) is 3.44.